The minimum absolute atomic E-state index is 0.119. The summed E-state index contributed by atoms with van der Waals surface area (Å²) in [6, 6.07) is 21.9. The summed E-state index contributed by atoms with van der Waals surface area (Å²) in [5.41, 5.74) is 1.26. The Kier molecular flexibility index (Phi) is 6.75. The molecule has 1 N–H and O–H groups in total. The van der Waals surface area contributed by atoms with Gasteiger partial charge in [-0.2, -0.15) is 0 Å². The average Bonchev–Trinajstić information content (AvgIpc) is 3.33. The Bertz CT molecular complexity index is 1640. The molecular weight excluding hydrogens is 509 g/mol. The van der Waals surface area contributed by atoms with Crippen molar-refractivity contribution in [3.8, 4) is 5.69 Å². The summed E-state index contributed by atoms with van der Waals surface area (Å²) in [5.74, 6) is -3.79. The van der Waals surface area contributed by atoms with Crippen LogP contribution in [-0.2, 0) is 11.2 Å². The van der Waals surface area contributed by atoms with Crippen molar-refractivity contribution in [2.24, 2.45) is 0 Å². The zero-order valence-corrected chi connectivity index (χ0v) is 21.4. The summed E-state index contributed by atoms with van der Waals surface area (Å²) in [5, 5.41) is 11.7. The van der Waals surface area contributed by atoms with Gasteiger partial charge in [-0.05, 0) is 52.7 Å². The van der Waals surface area contributed by atoms with Gasteiger partial charge >= 0.3 is 5.97 Å². The maximum absolute atomic E-state index is 14.6. The minimum Gasteiger partial charge on any atom is -0.478 e. The van der Waals surface area contributed by atoms with Gasteiger partial charge in [0.2, 0.25) is 0 Å². The molecule has 0 fully saturated rings. The number of halogens is 3. The molecule has 0 aliphatic rings. The van der Waals surface area contributed by atoms with Crippen LogP contribution in [0.3, 0.4) is 0 Å². The lowest BCUT2D eigenvalue weighted by molar-refractivity contribution is 0.0695. The molecule has 8 heteroatoms. The van der Waals surface area contributed by atoms with Gasteiger partial charge in [0.15, 0.2) is 5.16 Å². The summed E-state index contributed by atoms with van der Waals surface area (Å²) in [6.07, 6.45) is 1.72. The lowest BCUT2D eigenvalue weighted by Gasteiger charge is -2.28. The van der Waals surface area contributed by atoms with E-state index in [2.05, 4.69) is 37.0 Å². The van der Waals surface area contributed by atoms with Crippen LogP contribution < -0.4 is 0 Å². The van der Waals surface area contributed by atoms with Crippen LogP contribution in [0.25, 0.3) is 16.5 Å². The SMILES string of the molecule is CC(C)(c1ccc2ccccc2c1)c1cnc(SCc2c(F)cc(C(=O)O)cc2F)n1-c1ccc(F)cc1. The van der Waals surface area contributed by atoms with E-state index in [4.69, 9.17) is 5.11 Å². The number of benzene rings is 4. The highest BCUT2D eigenvalue weighted by Gasteiger charge is 2.30. The van der Waals surface area contributed by atoms with E-state index in [0.717, 1.165) is 45.9 Å². The Morgan fingerprint density at radius 1 is 0.921 bits per heavy atom. The monoisotopic (exact) mass is 532 g/mol. The molecular formula is C30H23F3N2O2S. The van der Waals surface area contributed by atoms with Crippen molar-refractivity contribution in [1.29, 1.82) is 0 Å². The Balaban J connectivity index is 1.57. The number of nitrogens with zero attached hydrogens (tertiary/aromatic N) is 2. The van der Waals surface area contributed by atoms with Crippen molar-refractivity contribution in [3.05, 3.63) is 125 Å². The smallest absolute Gasteiger partial charge is 0.335 e. The second kappa shape index (κ2) is 10.0. The van der Waals surface area contributed by atoms with Gasteiger partial charge in [0, 0.05) is 22.4 Å². The van der Waals surface area contributed by atoms with Gasteiger partial charge in [-0.1, -0.05) is 68.1 Å². The van der Waals surface area contributed by atoms with E-state index in [1.807, 2.05) is 28.8 Å². The highest BCUT2D eigenvalue weighted by atomic mass is 32.2. The highest BCUT2D eigenvalue weighted by Crippen LogP contribution is 2.38. The summed E-state index contributed by atoms with van der Waals surface area (Å²) < 4.78 is 44.8. The van der Waals surface area contributed by atoms with Crippen LogP contribution in [0.2, 0.25) is 0 Å². The summed E-state index contributed by atoms with van der Waals surface area (Å²) in [7, 11) is 0. The van der Waals surface area contributed by atoms with Crippen LogP contribution in [0.1, 0.15) is 41.0 Å². The summed E-state index contributed by atoms with van der Waals surface area (Å²) >= 11 is 1.11. The number of carboxylic acid groups (broad SMARTS) is 1. The van der Waals surface area contributed by atoms with Crippen molar-refractivity contribution in [1.82, 2.24) is 9.55 Å². The number of hydrogen-bond acceptors (Lipinski definition) is 3. The van der Waals surface area contributed by atoms with E-state index < -0.39 is 28.6 Å². The molecule has 0 unspecified atom stereocenters. The first-order valence-electron chi connectivity index (χ1n) is 11.8. The van der Waals surface area contributed by atoms with E-state index in [9.17, 15) is 18.0 Å². The van der Waals surface area contributed by atoms with Crippen molar-refractivity contribution in [2.45, 2.75) is 30.2 Å². The van der Waals surface area contributed by atoms with E-state index in [1.165, 1.54) is 12.1 Å². The quantitative estimate of drug-likeness (QED) is 0.218. The molecule has 192 valence electrons. The first-order chi connectivity index (χ1) is 18.1. The van der Waals surface area contributed by atoms with Gasteiger partial charge in [-0.15, -0.1) is 0 Å². The molecule has 0 spiro atoms. The van der Waals surface area contributed by atoms with Crippen LogP contribution in [0.5, 0.6) is 0 Å². The van der Waals surface area contributed by atoms with Crippen LogP contribution >= 0.6 is 11.8 Å². The second-order valence-electron chi connectivity index (χ2n) is 9.44. The van der Waals surface area contributed by atoms with E-state index >= 15 is 0 Å². The lowest BCUT2D eigenvalue weighted by Crippen LogP contribution is -2.23. The number of hydrogen-bond donors (Lipinski definition) is 1. The maximum atomic E-state index is 14.6. The van der Waals surface area contributed by atoms with Crippen molar-refractivity contribution >= 4 is 28.5 Å². The standard InChI is InChI=1S/C30H23F3N2O2S/c1-30(2,21-8-7-18-5-3-4-6-19(18)13-21)27-16-34-29(35(27)23-11-9-22(31)10-12-23)38-17-24-25(32)14-20(28(36)37)15-26(24)33/h3-16H,17H2,1-2H3,(H,36,37). The van der Waals surface area contributed by atoms with Crippen LogP contribution in [0.15, 0.2) is 90.2 Å². The topological polar surface area (TPSA) is 55.1 Å². The molecule has 0 saturated heterocycles. The zero-order chi connectivity index (χ0) is 27.0. The van der Waals surface area contributed by atoms with Gasteiger partial charge in [0.1, 0.15) is 17.5 Å². The molecule has 38 heavy (non-hydrogen) atoms. The molecule has 4 nitrogen and oxygen atoms in total. The maximum Gasteiger partial charge on any atom is 0.335 e. The fourth-order valence-electron chi connectivity index (χ4n) is 4.44. The molecule has 4 aromatic carbocycles. The first kappa shape index (κ1) is 25.6. The van der Waals surface area contributed by atoms with Crippen LogP contribution in [-0.4, -0.2) is 20.6 Å². The Morgan fingerprint density at radius 3 is 2.24 bits per heavy atom. The molecule has 1 heterocycles. The third kappa shape index (κ3) is 4.79. The Hall–Kier alpha value is -4.04. The molecule has 0 radical (unpaired) electrons. The number of fused-ring (bicyclic) bond motifs is 1. The number of aromatic nitrogens is 2. The predicted molar refractivity (Wildman–Crippen MR) is 142 cm³/mol. The van der Waals surface area contributed by atoms with E-state index in [1.54, 1.807) is 18.3 Å². The molecule has 0 atom stereocenters. The fourth-order valence-corrected chi connectivity index (χ4v) is 5.45. The van der Waals surface area contributed by atoms with Crippen molar-refractivity contribution < 1.29 is 23.1 Å². The van der Waals surface area contributed by atoms with Gasteiger partial charge in [0.25, 0.3) is 0 Å². The van der Waals surface area contributed by atoms with E-state index in [0.29, 0.717) is 10.8 Å². The first-order valence-corrected chi connectivity index (χ1v) is 12.8. The number of carbonyl (C=O) groups is 1. The van der Waals surface area contributed by atoms with Crippen molar-refractivity contribution in [2.75, 3.05) is 0 Å². The summed E-state index contributed by atoms with van der Waals surface area (Å²) in [6.45, 7) is 4.12. The molecule has 0 aliphatic carbocycles. The minimum atomic E-state index is -1.41. The van der Waals surface area contributed by atoms with Gasteiger partial charge in [-0.25, -0.2) is 22.9 Å². The van der Waals surface area contributed by atoms with Gasteiger partial charge < -0.3 is 5.11 Å². The lowest BCUT2D eigenvalue weighted by atomic mass is 9.80. The van der Waals surface area contributed by atoms with Gasteiger partial charge in [0.05, 0.1) is 17.5 Å². The number of aromatic carboxylic acids is 1. The molecule has 1 aromatic heterocycles. The van der Waals surface area contributed by atoms with Gasteiger partial charge in [-0.3, -0.25) is 4.57 Å². The molecule has 0 bridgehead atoms. The summed E-state index contributed by atoms with van der Waals surface area (Å²) in [4.78, 5) is 15.7. The molecule has 0 saturated carbocycles. The van der Waals surface area contributed by atoms with Crippen molar-refractivity contribution in [3.63, 3.8) is 0 Å². The third-order valence-corrected chi connectivity index (χ3v) is 7.64. The number of thioether (sulfide) groups is 1. The second-order valence-corrected chi connectivity index (χ2v) is 10.4. The molecule has 0 amide bonds. The molecule has 0 aliphatic heterocycles. The molecule has 5 rings (SSSR count). The number of carboxylic acids is 1. The van der Waals surface area contributed by atoms with E-state index in [-0.39, 0.29) is 17.1 Å². The van der Waals surface area contributed by atoms with Crippen LogP contribution in [0, 0.1) is 17.5 Å². The Labute approximate surface area is 221 Å². The number of rotatable bonds is 7. The van der Waals surface area contributed by atoms with Crippen LogP contribution in [0.4, 0.5) is 13.2 Å². The molecule has 5 aromatic rings. The highest BCUT2D eigenvalue weighted by molar-refractivity contribution is 7.98. The number of imidazole rings is 1. The Morgan fingerprint density at radius 2 is 1.58 bits per heavy atom. The largest absolute Gasteiger partial charge is 0.478 e. The average molecular weight is 533 g/mol. The normalized spacial score (nSPS) is 11.7. The third-order valence-electron chi connectivity index (χ3n) is 6.66. The predicted octanol–water partition coefficient (Wildman–Crippen LogP) is 7.76. The zero-order valence-electron chi connectivity index (χ0n) is 20.6. The fraction of sp³-hybridized carbons (Fsp3) is 0.133.